The Morgan fingerprint density at radius 1 is 1.15 bits per heavy atom. The van der Waals surface area contributed by atoms with Crippen LogP contribution in [-0.4, -0.2) is 16.7 Å². The molecule has 1 aromatic carbocycles. The average Bonchev–Trinajstić information content (AvgIpc) is 2.66. The van der Waals surface area contributed by atoms with E-state index in [2.05, 4.69) is 4.98 Å². The highest BCUT2D eigenvalue weighted by atomic mass is 35.5. The van der Waals surface area contributed by atoms with Gasteiger partial charge in [0.15, 0.2) is 0 Å². The molecule has 0 radical (unpaired) electrons. The van der Waals surface area contributed by atoms with Gasteiger partial charge in [0.1, 0.15) is 5.15 Å². The molecule has 0 bridgehead atoms. The van der Waals surface area contributed by atoms with Gasteiger partial charge < -0.3 is 0 Å². The summed E-state index contributed by atoms with van der Waals surface area (Å²) >= 11 is 11.9. The summed E-state index contributed by atoms with van der Waals surface area (Å²) in [6, 6.07) is 8.28. The number of fused-ring (bicyclic) bond motifs is 1. The normalized spacial score (nSPS) is 13.8. The summed E-state index contributed by atoms with van der Waals surface area (Å²) in [6.45, 7) is 0.226. The number of nitrogens with zero attached hydrogens (tertiary/aromatic N) is 2. The van der Waals surface area contributed by atoms with E-state index in [0.29, 0.717) is 21.4 Å². The third kappa shape index (κ3) is 2.07. The van der Waals surface area contributed by atoms with E-state index in [1.807, 2.05) is 0 Å². The van der Waals surface area contributed by atoms with Gasteiger partial charge in [-0.2, -0.15) is 0 Å². The van der Waals surface area contributed by atoms with Crippen molar-refractivity contribution in [3.05, 3.63) is 57.8 Å². The first kappa shape index (κ1) is 13.1. The van der Waals surface area contributed by atoms with Gasteiger partial charge in [0, 0.05) is 6.20 Å². The van der Waals surface area contributed by atoms with Crippen molar-refractivity contribution in [1.82, 2.24) is 4.98 Å². The number of carbonyl (C=O) groups is 2. The van der Waals surface area contributed by atoms with Crippen LogP contribution in [0.25, 0.3) is 0 Å². The predicted molar refractivity (Wildman–Crippen MR) is 76.2 cm³/mol. The van der Waals surface area contributed by atoms with Crippen LogP contribution in [0, 0.1) is 0 Å². The Hall–Kier alpha value is -1.91. The quantitative estimate of drug-likeness (QED) is 0.633. The zero-order chi connectivity index (χ0) is 14.3. The second-order valence-corrected chi connectivity index (χ2v) is 5.14. The molecule has 0 fully saturated rings. The summed E-state index contributed by atoms with van der Waals surface area (Å²) < 4.78 is 0. The van der Waals surface area contributed by atoms with Gasteiger partial charge in [-0.25, -0.2) is 4.98 Å². The average molecular weight is 307 g/mol. The topological polar surface area (TPSA) is 50.3 Å². The molecule has 6 heteroatoms. The number of Topliss-reactive ketones (excluding diaryl/α,β-unsaturated/α-hetero) is 1. The molecule has 0 saturated carbocycles. The molecule has 1 aliphatic rings. The molecule has 0 N–H and O–H groups in total. The Balaban J connectivity index is 2.03. The highest BCUT2D eigenvalue weighted by molar-refractivity contribution is 6.54. The fourth-order valence-corrected chi connectivity index (χ4v) is 2.66. The predicted octanol–water partition coefficient (Wildman–Crippen LogP) is 3.12. The smallest absolute Gasteiger partial charge is 0.299 e. The summed E-state index contributed by atoms with van der Waals surface area (Å²) in [6.07, 6.45) is 1.55. The maximum atomic E-state index is 12.1. The van der Waals surface area contributed by atoms with E-state index in [0.717, 1.165) is 5.56 Å². The number of halogens is 2. The summed E-state index contributed by atoms with van der Waals surface area (Å²) in [7, 11) is 0. The lowest BCUT2D eigenvalue weighted by atomic mass is 10.1. The largest absolute Gasteiger partial charge is 0.299 e. The number of hydrogen-bond donors (Lipinski definition) is 0. The summed E-state index contributed by atoms with van der Waals surface area (Å²) in [4.78, 5) is 29.2. The second-order valence-electron chi connectivity index (χ2n) is 4.34. The summed E-state index contributed by atoms with van der Waals surface area (Å²) in [5.74, 6) is -1.12. The van der Waals surface area contributed by atoms with E-state index in [4.69, 9.17) is 23.2 Å². The lowest BCUT2D eigenvalue weighted by Gasteiger charge is -2.17. The molecule has 1 aliphatic heterocycles. The number of amides is 1. The number of carbonyl (C=O) groups excluding carboxylic acids is 2. The van der Waals surface area contributed by atoms with Crippen LogP contribution in [0.5, 0.6) is 0 Å². The first-order valence-electron chi connectivity index (χ1n) is 5.83. The Bertz CT molecular complexity index is 731. The zero-order valence-electron chi connectivity index (χ0n) is 10.1. The Kier molecular flexibility index (Phi) is 3.20. The van der Waals surface area contributed by atoms with Gasteiger partial charge in [-0.15, -0.1) is 0 Å². The van der Waals surface area contributed by atoms with Gasteiger partial charge in [-0.3, -0.25) is 14.5 Å². The number of anilines is 1. The highest BCUT2D eigenvalue weighted by Crippen LogP contribution is 2.36. The van der Waals surface area contributed by atoms with Crippen LogP contribution < -0.4 is 4.90 Å². The lowest BCUT2D eigenvalue weighted by Crippen LogP contribution is -2.29. The summed E-state index contributed by atoms with van der Waals surface area (Å²) in [5.41, 5.74) is 1.57. The minimum absolute atomic E-state index is 0.226. The van der Waals surface area contributed by atoms with Crippen molar-refractivity contribution in [2.24, 2.45) is 0 Å². The maximum absolute atomic E-state index is 12.1. The molecule has 0 spiro atoms. The van der Waals surface area contributed by atoms with Gasteiger partial charge in [-0.1, -0.05) is 29.3 Å². The van der Waals surface area contributed by atoms with Crippen molar-refractivity contribution in [1.29, 1.82) is 0 Å². The first-order chi connectivity index (χ1) is 9.58. The fraction of sp³-hybridized carbons (Fsp3) is 0.0714. The van der Waals surface area contributed by atoms with Crippen molar-refractivity contribution < 1.29 is 9.59 Å². The van der Waals surface area contributed by atoms with Crippen LogP contribution in [0.2, 0.25) is 10.2 Å². The molecular formula is C14H8Cl2N2O2. The molecule has 1 amide bonds. The van der Waals surface area contributed by atoms with Crippen LogP contribution >= 0.6 is 23.2 Å². The van der Waals surface area contributed by atoms with Crippen LogP contribution in [0.3, 0.4) is 0 Å². The number of benzene rings is 1. The molecule has 4 nitrogen and oxygen atoms in total. The number of aromatic nitrogens is 1. The third-order valence-electron chi connectivity index (χ3n) is 3.07. The standard InChI is InChI=1S/C14H8Cl2N2O2/c15-10-3-1-2-9-12(10)18(14(20)13(9)19)7-8-4-5-17-11(16)6-8/h1-6H,7H2. The number of rotatable bonds is 2. The van der Waals surface area contributed by atoms with E-state index in [-0.39, 0.29) is 6.54 Å². The molecule has 100 valence electrons. The molecule has 0 unspecified atom stereocenters. The van der Waals surface area contributed by atoms with E-state index in [1.165, 1.54) is 4.90 Å². The van der Waals surface area contributed by atoms with Gasteiger partial charge in [-0.05, 0) is 29.8 Å². The van der Waals surface area contributed by atoms with Crippen LogP contribution in [0.1, 0.15) is 15.9 Å². The fourth-order valence-electron chi connectivity index (χ4n) is 2.19. The summed E-state index contributed by atoms with van der Waals surface area (Å²) in [5, 5.41) is 0.710. The van der Waals surface area contributed by atoms with E-state index in [9.17, 15) is 9.59 Å². The van der Waals surface area contributed by atoms with E-state index in [1.54, 1.807) is 36.5 Å². The van der Waals surface area contributed by atoms with Crippen molar-refractivity contribution >= 4 is 40.6 Å². The van der Waals surface area contributed by atoms with E-state index >= 15 is 0 Å². The van der Waals surface area contributed by atoms with Crippen LogP contribution in [-0.2, 0) is 11.3 Å². The number of para-hydroxylation sites is 1. The molecule has 2 heterocycles. The zero-order valence-corrected chi connectivity index (χ0v) is 11.6. The Morgan fingerprint density at radius 3 is 2.70 bits per heavy atom. The van der Waals surface area contributed by atoms with Gasteiger partial charge in [0.25, 0.3) is 11.7 Å². The Labute approximate surface area is 124 Å². The second kappa shape index (κ2) is 4.89. The molecule has 3 rings (SSSR count). The van der Waals surface area contributed by atoms with Crippen LogP contribution in [0.15, 0.2) is 36.5 Å². The van der Waals surface area contributed by atoms with Crippen molar-refractivity contribution in [2.75, 3.05) is 4.90 Å². The van der Waals surface area contributed by atoms with Crippen molar-refractivity contribution in [3.63, 3.8) is 0 Å². The maximum Gasteiger partial charge on any atom is 0.299 e. The molecule has 20 heavy (non-hydrogen) atoms. The van der Waals surface area contributed by atoms with Crippen molar-refractivity contribution in [2.45, 2.75) is 6.54 Å². The monoisotopic (exact) mass is 306 g/mol. The lowest BCUT2D eigenvalue weighted by molar-refractivity contribution is -0.114. The highest BCUT2D eigenvalue weighted by Gasteiger charge is 2.37. The van der Waals surface area contributed by atoms with Gasteiger partial charge in [0.05, 0.1) is 22.8 Å². The third-order valence-corrected chi connectivity index (χ3v) is 3.58. The van der Waals surface area contributed by atoms with Crippen molar-refractivity contribution in [3.8, 4) is 0 Å². The molecule has 0 saturated heterocycles. The minimum atomic E-state index is -0.582. The number of ketones is 1. The number of pyridine rings is 1. The molecule has 1 aromatic heterocycles. The molecule has 0 atom stereocenters. The van der Waals surface area contributed by atoms with E-state index < -0.39 is 11.7 Å². The van der Waals surface area contributed by atoms with Gasteiger partial charge >= 0.3 is 0 Å². The minimum Gasteiger partial charge on any atom is -0.299 e. The first-order valence-corrected chi connectivity index (χ1v) is 6.58. The molecular weight excluding hydrogens is 299 g/mol. The molecule has 0 aliphatic carbocycles. The SMILES string of the molecule is O=C1C(=O)N(Cc2ccnc(Cl)c2)c2c(Cl)cccc21. The van der Waals surface area contributed by atoms with Crippen LogP contribution in [0.4, 0.5) is 5.69 Å². The Morgan fingerprint density at radius 2 is 1.95 bits per heavy atom. The number of hydrogen-bond acceptors (Lipinski definition) is 3. The molecule has 2 aromatic rings. The van der Waals surface area contributed by atoms with Gasteiger partial charge in [0.2, 0.25) is 0 Å².